The predicted molar refractivity (Wildman–Crippen MR) is 132 cm³/mol. The summed E-state index contributed by atoms with van der Waals surface area (Å²) in [5.74, 6) is 2.32. The van der Waals surface area contributed by atoms with Gasteiger partial charge in [0.1, 0.15) is 0 Å². The van der Waals surface area contributed by atoms with E-state index in [-0.39, 0.29) is 29.9 Å². The Bertz CT molecular complexity index is 1110. The molecular weight excluding hydrogens is 472 g/mol. The minimum absolute atomic E-state index is 0. The zero-order valence-electron chi connectivity index (χ0n) is 20.8. The molecule has 0 saturated carbocycles. The molecular formula is C24H33ClN6O4. The summed E-state index contributed by atoms with van der Waals surface area (Å²) in [7, 11) is 3.24. The number of furan rings is 1. The van der Waals surface area contributed by atoms with Crippen LogP contribution in [0, 0.1) is 0 Å². The number of piperazine rings is 1. The molecule has 0 aliphatic carbocycles. The van der Waals surface area contributed by atoms with Crippen molar-refractivity contribution in [2.75, 3.05) is 40.4 Å². The quantitative estimate of drug-likeness (QED) is 0.460. The van der Waals surface area contributed by atoms with E-state index >= 15 is 0 Å². The number of nitrogens with zero attached hydrogens (tertiary/aromatic N) is 6. The molecule has 10 nitrogen and oxygen atoms in total. The van der Waals surface area contributed by atoms with Crippen molar-refractivity contribution in [1.82, 2.24) is 30.0 Å². The topological polar surface area (TPSA) is 98.7 Å². The van der Waals surface area contributed by atoms with Gasteiger partial charge in [-0.1, -0.05) is 13.0 Å². The van der Waals surface area contributed by atoms with Gasteiger partial charge in [-0.3, -0.25) is 9.69 Å². The minimum atomic E-state index is -0.259. The Labute approximate surface area is 211 Å². The highest BCUT2D eigenvalue weighted by atomic mass is 35.5. The number of ether oxygens (including phenoxy) is 2. The van der Waals surface area contributed by atoms with Gasteiger partial charge in [-0.25, -0.2) is 4.68 Å². The number of amides is 1. The first-order valence-corrected chi connectivity index (χ1v) is 11.5. The zero-order chi connectivity index (χ0) is 24.3. The maximum atomic E-state index is 12.8. The first kappa shape index (κ1) is 26.5. The number of methoxy groups -OCH3 is 2. The van der Waals surface area contributed by atoms with Gasteiger partial charge >= 0.3 is 0 Å². The van der Waals surface area contributed by atoms with Gasteiger partial charge in [0.2, 0.25) is 0 Å². The van der Waals surface area contributed by atoms with Crippen LogP contribution in [-0.2, 0) is 5.54 Å². The summed E-state index contributed by atoms with van der Waals surface area (Å²) in [6, 6.07) is 9.10. The molecule has 1 unspecified atom stereocenters. The van der Waals surface area contributed by atoms with Crippen LogP contribution in [0.1, 0.15) is 55.2 Å². The molecule has 11 heteroatoms. The van der Waals surface area contributed by atoms with Crippen LogP contribution in [0.2, 0.25) is 0 Å². The third-order valence-corrected chi connectivity index (χ3v) is 6.60. The summed E-state index contributed by atoms with van der Waals surface area (Å²) >= 11 is 0. The van der Waals surface area contributed by atoms with Crippen LogP contribution in [0.15, 0.2) is 41.0 Å². The Balaban J connectivity index is 0.00000342. The number of aromatic nitrogens is 4. The highest BCUT2D eigenvalue weighted by Crippen LogP contribution is 2.36. The van der Waals surface area contributed by atoms with Crippen molar-refractivity contribution in [2.24, 2.45) is 0 Å². The third-order valence-electron chi connectivity index (χ3n) is 6.60. The normalized spacial score (nSPS) is 15.4. The van der Waals surface area contributed by atoms with E-state index in [4.69, 9.17) is 13.9 Å². The zero-order valence-corrected chi connectivity index (χ0v) is 21.6. The molecule has 1 atom stereocenters. The van der Waals surface area contributed by atoms with Crippen LogP contribution < -0.4 is 9.47 Å². The summed E-state index contributed by atoms with van der Waals surface area (Å²) in [6.07, 6.45) is 2.39. The average molecular weight is 505 g/mol. The Morgan fingerprint density at radius 1 is 1.11 bits per heavy atom. The lowest BCUT2D eigenvalue weighted by molar-refractivity contribution is 0.0555. The molecule has 4 rings (SSSR count). The van der Waals surface area contributed by atoms with E-state index in [1.54, 1.807) is 26.4 Å². The molecule has 1 amide bonds. The van der Waals surface area contributed by atoms with Gasteiger partial charge in [0.15, 0.2) is 23.1 Å². The lowest BCUT2D eigenvalue weighted by atomic mass is 9.98. The predicted octanol–water partition coefficient (Wildman–Crippen LogP) is 3.40. The number of benzene rings is 1. The molecule has 0 bridgehead atoms. The van der Waals surface area contributed by atoms with E-state index in [0.29, 0.717) is 43.4 Å². The standard InChI is InChI=1S/C24H32N6O4.ClH/c1-6-24(2,3)30-22(25-26-27-30)21(17-9-10-18(32-4)20(16-17)33-5)28-11-13-29(14-12-28)23(31)19-8-7-15-34-19;/h7-10,15-16,21H,6,11-14H2,1-5H3;1H. The number of halogens is 1. The van der Waals surface area contributed by atoms with Gasteiger partial charge in [-0.15, -0.1) is 17.5 Å². The van der Waals surface area contributed by atoms with Crippen molar-refractivity contribution >= 4 is 18.3 Å². The number of carbonyl (C=O) groups excluding carboxylic acids is 1. The van der Waals surface area contributed by atoms with Crippen LogP contribution in [0.3, 0.4) is 0 Å². The van der Waals surface area contributed by atoms with Crippen molar-refractivity contribution in [3.8, 4) is 11.5 Å². The Kier molecular flexibility index (Phi) is 8.39. The molecule has 0 radical (unpaired) electrons. The SMILES string of the molecule is CCC(C)(C)n1nnnc1C(c1ccc(OC)c(OC)c1)N1CCN(C(=O)c2ccco2)CC1.Cl. The van der Waals surface area contributed by atoms with Crippen molar-refractivity contribution in [1.29, 1.82) is 0 Å². The molecule has 35 heavy (non-hydrogen) atoms. The monoisotopic (exact) mass is 504 g/mol. The second-order valence-corrected chi connectivity index (χ2v) is 8.94. The number of rotatable bonds is 8. The fraction of sp³-hybridized carbons (Fsp3) is 0.500. The van der Waals surface area contributed by atoms with Crippen LogP contribution in [0.5, 0.6) is 11.5 Å². The maximum absolute atomic E-state index is 12.8. The van der Waals surface area contributed by atoms with Crippen molar-refractivity contribution < 1.29 is 18.7 Å². The largest absolute Gasteiger partial charge is 0.493 e. The number of carbonyl (C=O) groups is 1. The molecule has 1 aliphatic heterocycles. The number of tetrazole rings is 1. The highest BCUT2D eigenvalue weighted by molar-refractivity contribution is 5.91. The molecule has 1 fully saturated rings. The molecule has 3 aromatic rings. The molecule has 190 valence electrons. The van der Waals surface area contributed by atoms with E-state index in [0.717, 1.165) is 17.8 Å². The fourth-order valence-electron chi connectivity index (χ4n) is 4.23. The molecule has 0 N–H and O–H groups in total. The Hall–Kier alpha value is -3.11. The second kappa shape index (κ2) is 11.1. The van der Waals surface area contributed by atoms with Gasteiger partial charge in [0, 0.05) is 26.2 Å². The summed E-state index contributed by atoms with van der Waals surface area (Å²) in [6.45, 7) is 8.83. The Morgan fingerprint density at radius 3 is 2.43 bits per heavy atom. The van der Waals surface area contributed by atoms with Gasteiger partial charge in [-0.2, -0.15) is 0 Å². The molecule has 1 aromatic carbocycles. The van der Waals surface area contributed by atoms with Crippen LogP contribution >= 0.6 is 12.4 Å². The molecule has 0 spiro atoms. The van der Waals surface area contributed by atoms with Gasteiger partial charge < -0.3 is 18.8 Å². The van der Waals surface area contributed by atoms with Crippen molar-refractivity contribution in [3.05, 3.63) is 53.7 Å². The van der Waals surface area contributed by atoms with Crippen molar-refractivity contribution in [3.63, 3.8) is 0 Å². The first-order chi connectivity index (χ1) is 16.4. The lowest BCUT2D eigenvalue weighted by Crippen LogP contribution is -2.50. The summed E-state index contributed by atoms with van der Waals surface area (Å²) in [5, 5.41) is 12.9. The highest BCUT2D eigenvalue weighted by Gasteiger charge is 2.35. The summed E-state index contributed by atoms with van der Waals surface area (Å²) in [5.41, 5.74) is 0.733. The molecule has 1 saturated heterocycles. The Morgan fingerprint density at radius 2 is 1.83 bits per heavy atom. The first-order valence-electron chi connectivity index (χ1n) is 11.5. The van der Waals surface area contributed by atoms with E-state index in [1.165, 1.54) is 6.26 Å². The number of hydrogen-bond acceptors (Lipinski definition) is 8. The summed E-state index contributed by atoms with van der Waals surface area (Å²) in [4.78, 5) is 16.9. The smallest absolute Gasteiger partial charge is 0.289 e. The fourth-order valence-corrected chi connectivity index (χ4v) is 4.23. The van der Waals surface area contributed by atoms with Gasteiger partial charge in [-0.05, 0) is 60.5 Å². The second-order valence-electron chi connectivity index (χ2n) is 8.94. The van der Waals surface area contributed by atoms with E-state index in [2.05, 4.69) is 41.2 Å². The molecule has 3 heterocycles. The average Bonchev–Trinajstić information content (AvgIpc) is 3.57. The van der Waals surface area contributed by atoms with Gasteiger partial charge in [0.05, 0.1) is 32.1 Å². The van der Waals surface area contributed by atoms with Crippen LogP contribution in [0.25, 0.3) is 0 Å². The number of hydrogen-bond donors (Lipinski definition) is 0. The molecule has 2 aromatic heterocycles. The van der Waals surface area contributed by atoms with E-state index in [1.807, 2.05) is 27.8 Å². The minimum Gasteiger partial charge on any atom is -0.493 e. The van der Waals surface area contributed by atoms with Crippen LogP contribution in [-0.4, -0.2) is 76.3 Å². The van der Waals surface area contributed by atoms with E-state index < -0.39 is 0 Å². The maximum Gasteiger partial charge on any atom is 0.289 e. The van der Waals surface area contributed by atoms with Crippen LogP contribution in [0.4, 0.5) is 0 Å². The lowest BCUT2D eigenvalue weighted by Gasteiger charge is -2.39. The third kappa shape index (κ3) is 5.28. The summed E-state index contributed by atoms with van der Waals surface area (Å²) < 4.78 is 18.2. The van der Waals surface area contributed by atoms with E-state index in [9.17, 15) is 4.79 Å². The van der Waals surface area contributed by atoms with Gasteiger partial charge in [0.25, 0.3) is 5.91 Å². The molecule has 1 aliphatic rings. The van der Waals surface area contributed by atoms with Crippen molar-refractivity contribution in [2.45, 2.75) is 38.8 Å².